The summed E-state index contributed by atoms with van der Waals surface area (Å²) in [7, 11) is 1.83. The Hall–Kier alpha value is -2.96. The summed E-state index contributed by atoms with van der Waals surface area (Å²) < 4.78 is 1.66. The van der Waals surface area contributed by atoms with Crippen molar-refractivity contribution in [1.82, 2.24) is 25.5 Å². The summed E-state index contributed by atoms with van der Waals surface area (Å²) in [6.07, 6.45) is 1.95. The third-order valence-corrected chi connectivity index (χ3v) is 4.65. The van der Waals surface area contributed by atoms with Gasteiger partial charge >= 0.3 is 0 Å². The van der Waals surface area contributed by atoms with Gasteiger partial charge in [0.1, 0.15) is 0 Å². The molecule has 2 aromatic carbocycles. The van der Waals surface area contributed by atoms with E-state index in [2.05, 4.69) is 25.7 Å². The van der Waals surface area contributed by atoms with Gasteiger partial charge in [-0.2, -0.15) is 0 Å². The maximum absolute atomic E-state index is 12.6. The van der Waals surface area contributed by atoms with Gasteiger partial charge in [-0.15, -0.1) is 0 Å². The molecule has 7 heteroatoms. The molecular weight excluding hydrogens is 316 g/mol. The predicted octanol–water partition coefficient (Wildman–Crippen LogP) is 1.76. The quantitative estimate of drug-likeness (QED) is 0.789. The van der Waals surface area contributed by atoms with Crippen molar-refractivity contribution in [3.63, 3.8) is 0 Å². The second-order valence-corrected chi connectivity index (χ2v) is 6.42. The minimum absolute atomic E-state index is 0.0336. The van der Waals surface area contributed by atoms with Crippen LogP contribution in [0, 0.1) is 0 Å². The molecule has 1 unspecified atom stereocenters. The Morgan fingerprint density at radius 1 is 1.20 bits per heavy atom. The predicted molar refractivity (Wildman–Crippen MR) is 95.4 cm³/mol. The fourth-order valence-electron chi connectivity index (χ4n) is 3.37. The molecular formula is C18H20N6O. The number of hydrogen-bond acceptors (Lipinski definition) is 5. The summed E-state index contributed by atoms with van der Waals surface area (Å²) in [6.45, 7) is 1.62. The van der Waals surface area contributed by atoms with Crippen LogP contribution < -0.4 is 10.2 Å². The molecule has 2 heterocycles. The third kappa shape index (κ3) is 3.17. The molecule has 1 atom stereocenters. The topological polar surface area (TPSA) is 75.9 Å². The van der Waals surface area contributed by atoms with E-state index in [1.807, 2.05) is 49.5 Å². The summed E-state index contributed by atoms with van der Waals surface area (Å²) in [5.74, 6) is 0.707. The van der Waals surface area contributed by atoms with Gasteiger partial charge in [-0.25, -0.2) is 4.68 Å². The largest absolute Gasteiger partial charge is 0.348 e. The summed E-state index contributed by atoms with van der Waals surface area (Å²) in [4.78, 5) is 14.8. The number of tetrazole rings is 1. The zero-order valence-electron chi connectivity index (χ0n) is 14.1. The first-order valence-corrected chi connectivity index (χ1v) is 8.48. The van der Waals surface area contributed by atoms with E-state index >= 15 is 0 Å². The van der Waals surface area contributed by atoms with Crippen molar-refractivity contribution in [1.29, 1.82) is 0 Å². The number of nitrogens with zero attached hydrogens (tertiary/aromatic N) is 5. The SMILES string of the molecule is Cn1nnnc1N1CCCC(NC(=O)c2ccc3ccccc3c2)C1. The van der Waals surface area contributed by atoms with Crippen LogP contribution in [0.5, 0.6) is 0 Å². The third-order valence-electron chi connectivity index (χ3n) is 4.65. The maximum Gasteiger partial charge on any atom is 0.251 e. The Morgan fingerprint density at radius 3 is 2.84 bits per heavy atom. The molecule has 0 aliphatic carbocycles. The Morgan fingerprint density at radius 2 is 2.04 bits per heavy atom. The number of fused-ring (bicyclic) bond motifs is 1. The molecule has 1 saturated heterocycles. The van der Waals surface area contributed by atoms with Crippen LogP contribution >= 0.6 is 0 Å². The van der Waals surface area contributed by atoms with Crippen LogP contribution in [0.2, 0.25) is 0 Å². The van der Waals surface area contributed by atoms with Crippen LogP contribution in [0.3, 0.4) is 0 Å². The summed E-state index contributed by atoms with van der Waals surface area (Å²) >= 11 is 0. The number of rotatable bonds is 3. The molecule has 0 spiro atoms. The lowest BCUT2D eigenvalue weighted by Crippen LogP contribution is -2.48. The van der Waals surface area contributed by atoms with Gasteiger partial charge in [0, 0.05) is 31.7 Å². The van der Waals surface area contributed by atoms with Gasteiger partial charge in [-0.1, -0.05) is 35.4 Å². The van der Waals surface area contributed by atoms with E-state index in [0.717, 1.165) is 36.1 Å². The number of carbonyl (C=O) groups is 1. The number of anilines is 1. The minimum atomic E-state index is -0.0336. The molecule has 25 heavy (non-hydrogen) atoms. The molecule has 7 nitrogen and oxygen atoms in total. The lowest BCUT2D eigenvalue weighted by atomic mass is 10.0. The zero-order chi connectivity index (χ0) is 17.2. The average molecular weight is 336 g/mol. The smallest absolute Gasteiger partial charge is 0.251 e. The molecule has 0 bridgehead atoms. The van der Waals surface area contributed by atoms with Gasteiger partial charge < -0.3 is 10.2 Å². The highest BCUT2D eigenvalue weighted by atomic mass is 16.1. The molecule has 1 fully saturated rings. The van der Waals surface area contributed by atoms with Crippen LogP contribution in [0.1, 0.15) is 23.2 Å². The van der Waals surface area contributed by atoms with Gasteiger partial charge in [-0.05, 0) is 46.2 Å². The molecule has 1 N–H and O–H groups in total. The van der Waals surface area contributed by atoms with Gasteiger partial charge in [-0.3, -0.25) is 4.79 Å². The van der Waals surface area contributed by atoms with Gasteiger partial charge in [0.15, 0.2) is 0 Å². The first-order valence-electron chi connectivity index (χ1n) is 8.48. The first-order chi connectivity index (χ1) is 12.2. The van der Waals surface area contributed by atoms with Crippen molar-refractivity contribution < 1.29 is 4.79 Å². The normalized spacial score (nSPS) is 17.6. The van der Waals surface area contributed by atoms with E-state index in [-0.39, 0.29) is 11.9 Å². The summed E-state index contributed by atoms with van der Waals surface area (Å²) in [6, 6.07) is 14.0. The van der Waals surface area contributed by atoms with Gasteiger partial charge in [0.05, 0.1) is 0 Å². The summed E-state index contributed by atoms with van der Waals surface area (Å²) in [5, 5.41) is 17.0. The van der Waals surface area contributed by atoms with Crippen LogP contribution in [0.4, 0.5) is 5.95 Å². The Bertz CT molecular complexity index is 905. The molecule has 0 radical (unpaired) electrons. The van der Waals surface area contributed by atoms with E-state index in [0.29, 0.717) is 12.1 Å². The molecule has 1 aliphatic rings. The van der Waals surface area contributed by atoms with Crippen molar-refractivity contribution in [3.8, 4) is 0 Å². The number of piperidine rings is 1. The van der Waals surface area contributed by atoms with E-state index in [1.54, 1.807) is 4.68 Å². The van der Waals surface area contributed by atoms with Crippen LogP contribution in [0.15, 0.2) is 42.5 Å². The standard InChI is InChI=1S/C18H20N6O/c1-23-18(20-21-22-23)24-10-4-7-16(12-24)19-17(25)15-9-8-13-5-2-3-6-14(13)11-15/h2-3,5-6,8-9,11,16H,4,7,10,12H2,1H3,(H,19,25). The lowest BCUT2D eigenvalue weighted by Gasteiger charge is -2.33. The van der Waals surface area contributed by atoms with Gasteiger partial charge in [0.25, 0.3) is 5.91 Å². The molecule has 128 valence electrons. The number of aromatic nitrogens is 4. The molecule has 1 aliphatic heterocycles. The Kier molecular flexibility index (Phi) is 4.05. The highest BCUT2D eigenvalue weighted by Crippen LogP contribution is 2.18. The maximum atomic E-state index is 12.6. The average Bonchev–Trinajstić information content (AvgIpc) is 3.07. The molecule has 4 rings (SSSR count). The first kappa shape index (κ1) is 15.6. The minimum Gasteiger partial charge on any atom is -0.348 e. The van der Waals surface area contributed by atoms with Crippen LogP contribution in [-0.2, 0) is 7.05 Å². The zero-order valence-corrected chi connectivity index (χ0v) is 14.1. The second kappa shape index (κ2) is 6.51. The van der Waals surface area contributed by atoms with Crippen LogP contribution in [-0.4, -0.2) is 45.2 Å². The number of carbonyl (C=O) groups excluding carboxylic acids is 1. The van der Waals surface area contributed by atoms with E-state index in [4.69, 9.17) is 0 Å². The van der Waals surface area contributed by atoms with Crippen LogP contribution in [0.25, 0.3) is 10.8 Å². The number of hydrogen-bond donors (Lipinski definition) is 1. The Labute approximate surface area is 145 Å². The fourth-order valence-corrected chi connectivity index (χ4v) is 3.37. The Balaban J connectivity index is 1.47. The van der Waals surface area contributed by atoms with E-state index in [1.165, 1.54) is 0 Å². The van der Waals surface area contributed by atoms with Gasteiger partial charge in [0.2, 0.25) is 5.95 Å². The van der Waals surface area contributed by atoms with Crippen molar-refractivity contribution in [3.05, 3.63) is 48.0 Å². The fraction of sp³-hybridized carbons (Fsp3) is 0.333. The molecule has 1 amide bonds. The van der Waals surface area contributed by atoms with Crippen molar-refractivity contribution in [2.75, 3.05) is 18.0 Å². The second-order valence-electron chi connectivity index (χ2n) is 6.42. The number of benzene rings is 2. The van der Waals surface area contributed by atoms with Crippen molar-refractivity contribution >= 4 is 22.6 Å². The van der Waals surface area contributed by atoms with Crippen molar-refractivity contribution in [2.45, 2.75) is 18.9 Å². The van der Waals surface area contributed by atoms with E-state index in [9.17, 15) is 4.79 Å². The molecule has 0 saturated carbocycles. The molecule has 1 aromatic heterocycles. The number of amides is 1. The highest BCUT2D eigenvalue weighted by Gasteiger charge is 2.24. The number of nitrogens with one attached hydrogen (secondary N) is 1. The number of aryl methyl sites for hydroxylation is 1. The molecule has 3 aromatic rings. The van der Waals surface area contributed by atoms with Crippen molar-refractivity contribution in [2.24, 2.45) is 7.05 Å². The summed E-state index contributed by atoms with van der Waals surface area (Å²) in [5.41, 5.74) is 0.691. The highest BCUT2D eigenvalue weighted by molar-refractivity contribution is 5.98. The lowest BCUT2D eigenvalue weighted by molar-refractivity contribution is 0.0933. The van der Waals surface area contributed by atoms with E-state index < -0.39 is 0 Å². The monoisotopic (exact) mass is 336 g/mol.